The minimum absolute atomic E-state index is 0.284. The molecule has 1 aromatic heterocycles. The van der Waals surface area contributed by atoms with Gasteiger partial charge in [0.05, 0.1) is 16.8 Å². The fourth-order valence-corrected chi connectivity index (χ4v) is 4.92. The number of thioether (sulfide) groups is 1. The zero-order chi connectivity index (χ0) is 15.6. The number of carbonyl (C=O) groups is 1. The lowest BCUT2D eigenvalue weighted by Crippen LogP contribution is -2.50. The Bertz CT molecular complexity index is 663. The second-order valence-electron chi connectivity index (χ2n) is 6.69. The predicted octanol–water partition coefficient (Wildman–Crippen LogP) is 3.84. The summed E-state index contributed by atoms with van der Waals surface area (Å²) >= 11 is 1.53. The zero-order valence-electron chi connectivity index (χ0n) is 13.3. The number of aromatic amines is 1. The molecule has 1 N–H and O–H groups in total. The maximum Gasteiger partial charge on any atom is 0.233 e. The van der Waals surface area contributed by atoms with Gasteiger partial charge in [-0.2, -0.15) is 0 Å². The highest BCUT2D eigenvalue weighted by Crippen LogP contribution is 2.35. The summed E-state index contributed by atoms with van der Waals surface area (Å²) in [5, 5.41) is 0.844. The minimum atomic E-state index is 0.284. The Kier molecular flexibility index (Phi) is 4.29. The third-order valence-electron chi connectivity index (χ3n) is 5.26. The first-order valence-electron chi connectivity index (χ1n) is 8.68. The molecule has 122 valence electrons. The minimum Gasteiger partial charge on any atom is -0.339 e. The standard InChI is InChI=1S/C18H23N3OS/c22-17(21-11-5-7-13-6-1-4-10-16(13)21)12-23-18-19-14-8-2-3-9-15(14)20-18/h2-3,8-9,13,16H,1,4-7,10-12H2,(H,19,20). The third kappa shape index (κ3) is 3.11. The number of hydrogen-bond acceptors (Lipinski definition) is 3. The number of benzene rings is 1. The molecule has 2 unspecified atom stereocenters. The van der Waals surface area contributed by atoms with E-state index in [1.165, 1.54) is 50.3 Å². The van der Waals surface area contributed by atoms with Crippen LogP contribution in [0.2, 0.25) is 0 Å². The van der Waals surface area contributed by atoms with Crippen LogP contribution >= 0.6 is 11.8 Å². The second-order valence-corrected chi connectivity index (χ2v) is 7.65. The number of imidazole rings is 1. The molecule has 1 saturated heterocycles. The molecule has 1 aromatic carbocycles. The maximum atomic E-state index is 12.7. The SMILES string of the molecule is O=C(CSc1nc2ccccc2[nH]1)N1CCCC2CCCCC21. The van der Waals surface area contributed by atoms with Crippen molar-refractivity contribution in [3.05, 3.63) is 24.3 Å². The molecule has 2 aliphatic rings. The van der Waals surface area contributed by atoms with E-state index >= 15 is 0 Å². The number of carbonyl (C=O) groups excluding carboxylic acids is 1. The molecule has 5 heteroatoms. The first kappa shape index (κ1) is 15.1. The van der Waals surface area contributed by atoms with E-state index in [1.807, 2.05) is 24.3 Å². The topological polar surface area (TPSA) is 49.0 Å². The molecule has 0 bridgehead atoms. The quantitative estimate of drug-likeness (QED) is 0.871. The van der Waals surface area contributed by atoms with E-state index < -0.39 is 0 Å². The van der Waals surface area contributed by atoms with Crippen LogP contribution in [0, 0.1) is 5.92 Å². The lowest BCUT2D eigenvalue weighted by Gasteiger charge is -2.44. The molecule has 1 saturated carbocycles. The van der Waals surface area contributed by atoms with Crippen molar-refractivity contribution in [2.24, 2.45) is 5.92 Å². The summed E-state index contributed by atoms with van der Waals surface area (Å²) in [5.41, 5.74) is 2.00. The molecule has 4 rings (SSSR count). The van der Waals surface area contributed by atoms with E-state index in [-0.39, 0.29) is 5.91 Å². The van der Waals surface area contributed by atoms with Gasteiger partial charge in [0.1, 0.15) is 0 Å². The number of rotatable bonds is 3. The van der Waals surface area contributed by atoms with Gasteiger partial charge in [-0.15, -0.1) is 0 Å². The number of para-hydroxylation sites is 2. The van der Waals surface area contributed by atoms with Crippen LogP contribution < -0.4 is 0 Å². The number of nitrogens with one attached hydrogen (secondary N) is 1. The third-order valence-corrected chi connectivity index (χ3v) is 6.12. The van der Waals surface area contributed by atoms with Crippen LogP contribution in [0.25, 0.3) is 11.0 Å². The van der Waals surface area contributed by atoms with Crippen molar-refractivity contribution >= 4 is 28.7 Å². The van der Waals surface area contributed by atoms with E-state index in [0.29, 0.717) is 11.8 Å². The van der Waals surface area contributed by atoms with E-state index in [2.05, 4.69) is 14.9 Å². The largest absolute Gasteiger partial charge is 0.339 e. The van der Waals surface area contributed by atoms with Crippen molar-refractivity contribution in [1.29, 1.82) is 0 Å². The van der Waals surface area contributed by atoms with E-state index in [1.54, 1.807) is 0 Å². The number of hydrogen-bond donors (Lipinski definition) is 1. The average molecular weight is 329 g/mol. The number of fused-ring (bicyclic) bond motifs is 2. The fraction of sp³-hybridized carbons (Fsp3) is 0.556. The van der Waals surface area contributed by atoms with Crippen LogP contribution in [0.1, 0.15) is 38.5 Å². The van der Waals surface area contributed by atoms with Gasteiger partial charge in [-0.25, -0.2) is 4.98 Å². The van der Waals surface area contributed by atoms with Crippen molar-refractivity contribution in [2.75, 3.05) is 12.3 Å². The Balaban J connectivity index is 1.40. The summed E-state index contributed by atoms with van der Waals surface area (Å²) in [5.74, 6) is 1.52. The Morgan fingerprint density at radius 2 is 2.04 bits per heavy atom. The van der Waals surface area contributed by atoms with Crippen molar-refractivity contribution in [2.45, 2.75) is 49.7 Å². The number of amides is 1. The van der Waals surface area contributed by atoms with Crippen molar-refractivity contribution in [3.63, 3.8) is 0 Å². The number of likely N-dealkylation sites (tertiary alicyclic amines) is 1. The number of H-pyrrole nitrogens is 1. The highest BCUT2D eigenvalue weighted by molar-refractivity contribution is 7.99. The Morgan fingerprint density at radius 1 is 1.22 bits per heavy atom. The van der Waals surface area contributed by atoms with Gasteiger partial charge < -0.3 is 9.88 Å². The average Bonchev–Trinajstić information content (AvgIpc) is 3.02. The summed E-state index contributed by atoms with van der Waals surface area (Å²) in [6, 6.07) is 8.50. The van der Waals surface area contributed by atoms with Crippen LogP contribution in [0.3, 0.4) is 0 Å². The van der Waals surface area contributed by atoms with E-state index in [0.717, 1.165) is 28.7 Å². The molecular formula is C18H23N3OS. The van der Waals surface area contributed by atoms with Crippen LogP contribution in [0.5, 0.6) is 0 Å². The maximum absolute atomic E-state index is 12.7. The van der Waals surface area contributed by atoms with Gasteiger partial charge in [0.2, 0.25) is 5.91 Å². The normalized spacial score (nSPS) is 24.6. The van der Waals surface area contributed by atoms with Crippen molar-refractivity contribution in [1.82, 2.24) is 14.9 Å². The lowest BCUT2D eigenvalue weighted by atomic mass is 9.78. The molecular weight excluding hydrogens is 306 g/mol. The highest BCUT2D eigenvalue weighted by atomic mass is 32.2. The molecule has 23 heavy (non-hydrogen) atoms. The fourth-order valence-electron chi connectivity index (χ4n) is 4.15. The van der Waals surface area contributed by atoms with E-state index in [4.69, 9.17) is 0 Å². The number of aromatic nitrogens is 2. The predicted molar refractivity (Wildman–Crippen MR) is 93.5 cm³/mol. The molecule has 1 amide bonds. The van der Waals surface area contributed by atoms with Crippen molar-refractivity contribution < 1.29 is 4.79 Å². The first-order valence-corrected chi connectivity index (χ1v) is 9.67. The summed E-state index contributed by atoms with van der Waals surface area (Å²) in [6.07, 6.45) is 7.61. The summed E-state index contributed by atoms with van der Waals surface area (Å²) in [4.78, 5) is 22.7. The van der Waals surface area contributed by atoms with E-state index in [9.17, 15) is 4.79 Å². The summed E-state index contributed by atoms with van der Waals surface area (Å²) in [6.45, 7) is 0.945. The molecule has 1 aliphatic carbocycles. The molecule has 2 aromatic rings. The van der Waals surface area contributed by atoms with Crippen LogP contribution in [0.15, 0.2) is 29.4 Å². The highest BCUT2D eigenvalue weighted by Gasteiger charge is 2.35. The van der Waals surface area contributed by atoms with Gasteiger partial charge in [0, 0.05) is 12.6 Å². The number of nitrogens with zero attached hydrogens (tertiary/aromatic N) is 2. The summed E-state index contributed by atoms with van der Waals surface area (Å²) in [7, 11) is 0. The lowest BCUT2D eigenvalue weighted by molar-refractivity contribution is -0.134. The van der Waals surface area contributed by atoms with Gasteiger partial charge >= 0.3 is 0 Å². The van der Waals surface area contributed by atoms with Gasteiger partial charge in [-0.1, -0.05) is 36.7 Å². The summed E-state index contributed by atoms with van der Waals surface area (Å²) < 4.78 is 0. The molecule has 4 nitrogen and oxygen atoms in total. The Hall–Kier alpha value is -1.49. The van der Waals surface area contributed by atoms with Gasteiger partial charge in [0.15, 0.2) is 5.16 Å². The van der Waals surface area contributed by atoms with Gasteiger partial charge in [0.25, 0.3) is 0 Å². The Labute approximate surface area is 141 Å². The zero-order valence-corrected chi connectivity index (χ0v) is 14.1. The van der Waals surface area contributed by atoms with Crippen molar-refractivity contribution in [3.8, 4) is 0 Å². The molecule has 0 spiro atoms. The molecule has 2 heterocycles. The number of piperidine rings is 1. The van der Waals surface area contributed by atoms with Gasteiger partial charge in [-0.05, 0) is 43.7 Å². The molecule has 2 fully saturated rings. The second kappa shape index (κ2) is 6.56. The molecule has 1 aliphatic heterocycles. The van der Waals surface area contributed by atoms with Crippen LogP contribution in [-0.4, -0.2) is 39.1 Å². The molecule has 0 radical (unpaired) electrons. The first-order chi connectivity index (χ1) is 11.3. The molecule has 2 atom stereocenters. The Morgan fingerprint density at radius 3 is 2.96 bits per heavy atom. The van der Waals surface area contributed by atoms with Crippen LogP contribution in [-0.2, 0) is 4.79 Å². The smallest absolute Gasteiger partial charge is 0.233 e. The monoisotopic (exact) mass is 329 g/mol. The van der Waals surface area contributed by atoms with Crippen LogP contribution in [0.4, 0.5) is 0 Å². The van der Waals surface area contributed by atoms with Gasteiger partial charge in [-0.3, -0.25) is 4.79 Å².